The lowest BCUT2D eigenvalue weighted by Gasteiger charge is -2.12. The van der Waals surface area contributed by atoms with Crippen LogP contribution in [0.3, 0.4) is 0 Å². The molecule has 0 saturated carbocycles. The van der Waals surface area contributed by atoms with Crippen molar-refractivity contribution in [3.63, 3.8) is 0 Å². The number of amides is 1. The van der Waals surface area contributed by atoms with E-state index in [1.807, 2.05) is 13.8 Å². The van der Waals surface area contributed by atoms with E-state index in [1.165, 1.54) is 45.0 Å². The van der Waals surface area contributed by atoms with Crippen molar-refractivity contribution in [2.24, 2.45) is 0 Å². The van der Waals surface area contributed by atoms with Gasteiger partial charge in [-0.1, -0.05) is 95.0 Å². The smallest absolute Gasteiger partial charge is 0.234 e. The highest BCUT2D eigenvalue weighted by atomic mass is 32.2. The quantitative estimate of drug-likeness (QED) is 0.310. The van der Waals surface area contributed by atoms with E-state index in [2.05, 4.69) is 77.0 Å². The zero-order valence-corrected chi connectivity index (χ0v) is 20.1. The SMILES string of the molecule is Cc1cc(C)c(NC(=O)CSc2nnc(SCc3cccc4ccccc34)s2)c(C)c1. The second-order valence-corrected chi connectivity index (χ2v) is 10.8. The molecule has 4 rings (SSSR count). The highest BCUT2D eigenvalue weighted by Gasteiger charge is 2.12. The van der Waals surface area contributed by atoms with E-state index in [4.69, 9.17) is 0 Å². The fraction of sp³-hybridized carbons (Fsp3) is 0.208. The highest BCUT2D eigenvalue weighted by Crippen LogP contribution is 2.32. The van der Waals surface area contributed by atoms with Crippen LogP contribution >= 0.6 is 34.9 Å². The number of nitrogens with zero attached hydrogens (tertiary/aromatic N) is 2. The monoisotopic (exact) mass is 465 g/mol. The number of aromatic nitrogens is 2. The molecule has 0 fully saturated rings. The van der Waals surface area contributed by atoms with Crippen LogP contribution in [0.4, 0.5) is 5.69 Å². The summed E-state index contributed by atoms with van der Waals surface area (Å²) in [7, 11) is 0. The van der Waals surface area contributed by atoms with Gasteiger partial charge in [-0.3, -0.25) is 4.79 Å². The van der Waals surface area contributed by atoms with Gasteiger partial charge < -0.3 is 5.32 Å². The maximum atomic E-state index is 12.4. The molecule has 1 heterocycles. The number of carbonyl (C=O) groups is 1. The van der Waals surface area contributed by atoms with Crippen molar-refractivity contribution in [1.82, 2.24) is 10.2 Å². The minimum Gasteiger partial charge on any atom is -0.325 e. The van der Waals surface area contributed by atoms with Crippen LogP contribution in [-0.4, -0.2) is 21.9 Å². The molecule has 158 valence electrons. The summed E-state index contributed by atoms with van der Waals surface area (Å²) in [5, 5.41) is 14.1. The number of benzene rings is 3. The van der Waals surface area contributed by atoms with Gasteiger partial charge in [0, 0.05) is 11.4 Å². The number of carbonyl (C=O) groups excluding carboxylic acids is 1. The first-order valence-corrected chi connectivity index (χ1v) is 12.7. The maximum Gasteiger partial charge on any atom is 0.234 e. The van der Waals surface area contributed by atoms with Crippen LogP contribution in [0.2, 0.25) is 0 Å². The molecule has 4 aromatic rings. The average molecular weight is 466 g/mol. The summed E-state index contributed by atoms with van der Waals surface area (Å²) in [6, 6.07) is 19.0. The largest absolute Gasteiger partial charge is 0.325 e. The third-order valence-corrected chi connectivity index (χ3v) is 8.13. The molecular formula is C24H23N3OS3. The summed E-state index contributed by atoms with van der Waals surface area (Å²) in [5.74, 6) is 1.13. The van der Waals surface area contributed by atoms with Crippen molar-refractivity contribution in [1.29, 1.82) is 0 Å². The summed E-state index contributed by atoms with van der Waals surface area (Å²) >= 11 is 4.65. The van der Waals surface area contributed by atoms with E-state index in [-0.39, 0.29) is 5.91 Å². The predicted octanol–water partition coefficient (Wildman–Crippen LogP) is 6.64. The molecule has 0 aliphatic rings. The summed E-state index contributed by atoms with van der Waals surface area (Å²) < 4.78 is 1.73. The van der Waals surface area contributed by atoms with Crippen molar-refractivity contribution < 1.29 is 4.79 Å². The molecule has 0 unspecified atom stereocenters. The van der Waals surface area contributed by atoms with Crippen molar-refractivity contribution in [3.05, 3.63) is 76.9 Å². The number of hydrogen-bond donors (Lipinski definition) is 1. The topological polar surface area (TPSA) is 54.9 Å². The van der Waals surface area contributed by atoms with Crippen molar-refractivity contribution in [2.45, 2.75) is 35.2 Å². The maximum absolute atomic E-state index is 12.4. The van der Waals surface area contributed by atoms with Crippen LogP contribution < -0.4 is 5.32 Å². The van der Waals surface area contributed by atoms with E-state index >= 15 is 0 Å². The van der Waals surface area contributed by atoms with Gasteiger partial charge in [0.15, 0.2) is 8.68 Å². The van der Waals surface area contributed by atoms with E-state index in [9.17, 15) is 4.79 Å². The molecule has 7 heteroatoms. The van der Waals surface area contributed by atoms with Crippen LogP contribution in [0.5, 0.6) is 0 Å². The van der Waals surface area contributed by atoms with Gasteiger partial charge in [-0.15, -0.1) is 10.2 Å². The summed E-state index contributed by atoms with van der Waals surface area (Å²) in [6.45, 7) is 6.10. The number of anilines is 1. The van der Waals surface area contributed by atoms with Crippen LogP contribution in [-0.2, 0) is 10.5 Å². The number of fused-ring (bicyclic) bond motifs is 1. The molecule has 0 atom stereocenters. The lowest BCUT2D eigenvalue weighted by atomic mass is 10.1. The molecule has 31 heavy (non-hydrogen) atoms. The number of rotatable bonds is 7. The van der Waals surface area contributed by atoms with Crippen LogP contribution in [0.15, 0.2) is 63.3 Å². The van der Waals surface area contributed by atoms with Gasteiger partial charge in [0.25, 0.3) is 0 Å². The normalized spacial score (nSPS) is 11.1. The number of aryl methyl sites for hydroxylation is 3. The Kier molecular flexibility index (Phi) is 6.95. The third-order valence-electron chi connectivity index (χ3n) is 4.89. The zero-order chi connectivity index (χ0) is 21.8. The Bertz CT molecular complexity index is 1210. The molecule has 0 aliphatic carbocycles. The number of hydrogen-bond acceptors (Lipinski definition) is 6. The molecule has 4 nitrogen and oxygen atoms in total. The molecule has 0 aliphatic heterocycles. The van der Waals surface area contributed by atoms with Crippen molar-refractivity contribution in [3.8, 4) is 0 Å². The molecule has 1 aromatic heterocycles. The van der Waals surface area contributed by atoms with Gasteiger partial charge in [0.2, 0.25) is 5.91 Å². The minimum absolute atomic E-state index is 0.0276. The second kappa shape index (κ2) is 9.85. The van der Waals surface area contributed by atoms with Crippen LogP contribution in [0.25, 0.3) is 10.8 Å². The van der Waals surface area contributed by atoms with E-state index in [0.29, 0.717) is 5.75 Å². The standard InChI is InChI=1S/C24H23N3OS3/c1-15-11-16(2)22(17(3)12-15)25-21(28)14-30-24-27-26-23(31-24)29-13-19-9-6-8-18-7-4-5-10-20(18)19/h4-12H,13-14H2,1-3H3,(H,25,28). The lowest BCUT2D eigenvalue weighted by molar-refractivity contribution is -0.113. The predicted molar refractivity (Wildman–Crippen MR) is 133 cm³/mol. The van der Waals surface area contributed by atoms with Crippen molar-refractivity contribution in [2.75, 3.05) is 11.1 Å². The Hall–Kier alpha value is -2.35. The average Bonchev–Trinajstić information content (AvgIpc) is 3.21. The van der Waals surface area contributed by atoms with Gasteiger partial charge in [-0.25, -0.2) is 0 Å². The van der Waals surface area contributed by atoms with Gasteiger partial charge in [-0.2, -0.15) is 0 Å². The fourth-order valence-corrected chi connectivity index (χ4v) is 6.38. The first-order chi connectivity index (χ1) is 15.0. The van der Waals surface area contributed by atoms with Crippen molar-refractivity contribution >= 4 is 57.2 Å². The molecule has 0 radical (unpaired) electrons. The molecular weight excluding hydrogens is 442 g/mol. The molecule has 0 spiro atoms. The van der Waals surface area contributed by atoms with Gasteiger partial charge in [0.1, 0.15) is 0 Å². The van der Waals surface area contributed by atoms with E-state index in [1.54, 1.807) is 11.8 Å². The Morgan fingerprint density at radius 3 is 2.39 bits per heavy atom. The molecule has 1 N–H and O–H groups in total. The van der Waals surface area contributed by atoms with Gasteiger partial charge in [0.05, 0.1) is 5.75 Å². The summed E-state index contributed by atoms with van der Waals surface area (Å²) in [5.41, 5.74) is 5.55. The highest BCUT2D eigenvalue weighted by molar-refractivity contribution is 8.03. The Morgan fingerprint density at radius 1 is 0.935 bits per heavy atom. The Balaban J connectivity index is 1.32. The number of thioether (sulfide) groups is 2. The second-order valence-electron chi connectivity index (χ2n) is 7.37. The summed E-state index contributed by atoms with van der Waals surface area (Å²) in [6.07, 6.45) is 0. The van der Waals surface area contributed by atoms with Gasteiger partial charge >= 0.3 is 0 Å². The Labute approximate surface area is 194 Å². The fourth-order valence-electron chi connectivity index (χ4n) is 3.55. The molecule has 0 saturated heterocycles. The van der Waals surface area contributed by atoms with Crippen LogP contribution in [0.1, 0.15) is 22.3 Å². The van der Waals surface area contributed by atoms with Gasteiger partial charge in [-0.05, 0) is 48.2 Å². The third kappa shape index (κ3) is 5.47. The van der Waals surface area contributed by atoms with E-state index in [0.717, 1.165) is 31.2 Å². The molecule has 3 aromatic carbocycles. The first-order valence-electron chi connectivity index (χ1n) is 9.93. The minimum atomic E-state index is -0.0276. The van der Waals surface area contributed by atoms with E-state index < -0.39 is 0 Å². The Morgan fingerprint density at radius 2 is 1.61 bits per heavy atom. The zero-order valence-electron chi connectivity index (χ0n) is 17.6. The molecule has 1 amide bonds. The first kappa shape index (κ1) is 21.9. The lowest BCUT2D eigenvalue weighted by Crippen LogP contribution is -2.15. The van der Waals surface area contributed by atoms with Crippen LogP contribution in [0, 0.1) is 20.8 Å². The number of nitrogens with one attached hydrogen (secondary N) is 1. The molecule has 0 bridgehead atoms. The summed E-state index contributed by atoms with van der Waals surface area (Å²) in [4.78, 5) is 12.4.